The average molecular weight is 685 g/mol. The number of rotatable bonds is 8. The number of benzene rings is 8. The van der Waals surface area contributed by atoms with Crippen molar-refractivity contribution >= 4 is 21.5 Å². The summed E-state index contributed by atoms with van der Waals surface area (Å²) in [6.07, 6.45) is 5.26. The maximum Gasteiger partial charge on any atom is 0.116 e. The Labute approximate surface area is 310 Å². The standard InChI is InChI=1S/C51H40O2/c52-40-26-22-34-30-38(24-20-36(34)32-40)50(46-16-6-2-12-42(46)43-13-3-7-17-47(43)50)28-10-1-11-29-51(39-25-21-37-33-41(53)27-23-35(37)31-39)48-18-8-4-14-44(48)45-15-5-9-19-49(45)51/h2-9,12-27,30-33,52-53H,1,10-11,28-29H2. The van der Waals surface area contributed by atoms with Gasteiger partial charge in [0.05, 0.1) is 0 Å². The van der Waals surface area contributed by atoms with E-state index in [0.29, 0.717) is 11.5 Å². The lowest BCUT2D eigenvalue weighted by atomic mass is 9.67. The predicted molar refractivity (Wildman–Crippen MR) is 218 cm³/mol. The smallest absolute Gasteiger partial charge is 0.116 e. The molecular weight excluding hydrogens is 645 g/mol. The first-order valence-electron chi connectivity index (χ1n) is 18.9. The summed E-state index contributed by atoms with van der Waals surface area (Å²) in [5.74, 6) is 0.592. The summed E-state index contributed by atoms with van der Waals surface area (Å²) in [6, 6.07) is 61.0. The number of unbranched alkanes of at least 4 members (excludes halogenated alkanes) is 2. The molecule has 0 atom stereocenters. The summed E-state index contributed by atoms with van der Waals surface area (Å²) in [5, 5.41) is 24.8. The van der Waals surface area contributed by atoms with E-state index in [1.807, 2.05) is 24.3 Å². The van der Waals surface area contributed by atoms with E-state index in [9.17, 15) is 10.2 Å². The van der Waals surface area contributed by atoms with E-state index in [1.165, 1.54) is 55.6 Å². The molecule has 0 aromatic heterocycles. The third kappa shape index (κ3) is 4.78. The minimum Gasteiger partial charge on any atom is -0.508 e. The van der Waals surface area contributed by atoms with Crippen molar-refractivity contribution < 1.29 is 10.2 Å². The fourth-order valence-corrected chi connectivity index (χ4v) is 10.1. The van der Waals surface area contributed by atoms with Crippen molar-refractivity contribution in [2.75, 3.05) is 0 Å². The molecule has 0 saturated carbocycles. The van der Waals surface area contributed by atoms with Crippen LogP contribution in [0.1, 0.15) is 65.5 Å². The minimum atomic E-state index is -0.270. The largest absolute Gasteiger partial charge is 0.508 e. The van der Waals surface area contributed by atoms with Crippen LogP contribution in [-0.4, -0.2) is 10.2 Å². The molecule has 53 heavy (non-hydrogen) atoms. The van der Waals surface area contributed by atoms with E-state index in [2.05, 4.69) is 133 Å². The van der Waals surface area contributed by atoms with Crippen molar-refractivity contribution in [2.24, 2.45) is 0 Å². The third-order valence-corrected chi connectivity index (χ3v) is 12.4. The third-order valence-electron chi connectivity index (χ3n) is 12.4. The zero-order valence-electron chi connectivity index (χ0n) is 29.6. The molecule has 0 saturated heterocycles. The van der Waals surface area contributed by atoms with Crippen LogP contribution >= 0.6 is 0 Å². The first kappa shape index (κ1) is 31.6. The SMILES string of the molecule is Oc1ccc2cc(C3(CCCCCC4(c5ccc6cc(O)ccc6c5)c5ccccc5-c5ccccc54)c4ccccc4-c4ccccc43)ccc2c1. The van der Waals surface area contributed by atoms with Crippen LogP contribution < -0.4 is 0 Å². The van der Waals surface area contributed by atoms with Crippen LogP contribution in [0.4, 0.5) is 0 Å². The van der Waals surface area contributed by atoms with Crippen molar-refractivity contribution in [1.82, 2.24) is 0 Å². The van der Waals surface area contributed by atoms with Crippen LogP contribution in [0.5, 0.6) is 11.5 Å². The minimum absolute atomic E-state index is 0.270. The molecule has 0 heterocycles. The predicted octanol–water partition coefficient (Wildman–Crippen LogP) is 12.7. The second-order valence-corrected chi connectivity index (χ2v) is 15.0. The maximum absolute atomic E-state index is 10.2. The lowest BCUT2D eigenvalue weighted by Crippen LogP contribution is -2.28. The van der Waals surface area contributed by atoms with E-state index >= 15 is 0 Å². The van der Waals surface area contributed by atoms with Gasteiger partial charge in [0.2, 0.25) is 0 Å². The molecule has 8 aromatic carbocycles. The molecule has 0 fully saturated rings. The van der Waals surface area contributed by atoms with Crippen LogP contribution in [-0.2, 0) is 10.8 Å². The second kappa shape index (κ2) is 12.2. The Balaban J connectivity index is 1.03. The van der Waals surface area contributed by atoms with Gasteiger partial charge in [-0.2, -0.15) is 0 Å². The van der Waals surface area contributed by atoms with Crippen molar-refractivity contribution in [1.29, 1.82) is 0 Å². The number of fused-ring (bicyclic) bond motifs is 8. The summed E-state index contributed by atoms with van der Waals surface area (Å²) in [4.78, 5) is 0. The van der Waals surface area contributed by atoms with E-state index < -0.39 is 0 Å². The molecular formula is C51H40O2. The average Bonchev–Trinajstić information content (AvgIpc) is 3.66. The highest BCUT2D eigenvalue weighted by atomic mass is 16.3. The molecule has 10 rings (SSSR count). The Kier molecular flexibility index (Phi) is 7.30. The lowest BCUT2D eigenvalue weighted by molar-refractivity contribution is 0.475. The summed E-state index contributed by atoms with van der Waals surface area (Å²) in [6.45, 7) is 0. The monoisotopic (exact) mass is 684 g/mol. The number of aromatic hydroxyl groups is 2. The molecule has 2 N–H and O–H groups in total. The zero-order chi connectivity index (χ0) is 35.6. The van der Waals surface area contributed by atoms with Gasteiger partial charge in [-0.05, 0) is 126 Å². The molecule has 0 spiro atoms. The van der Waals surface area contributed by atoms with Crippen molar-refractivity contribution in [3.05, 3.63) is 203 Å². The van der Waals surface area contributed by atoms with Crippen LogP contribution in [0.25, 0.3) is 43.8 Å². The van der Waals surface area contributed by atoms with E-state index in [4.69, 9.17) is 0 Å². The topological polar surface area (TPSA) is 40.5 Å². The fourth-order valence-electron chi connectivity index (χ4n) is 10.1. The summed E-state index contributed by atoms with van der Waals surface area (Å²) in [7, 11) is 0. The molecule has 2 aliphatic rings. The highest BCUT2D eigenvalue weighted by molar-refractivity contribution is 5.90. The Hall–Kier alpha value is -6.12. The van der Waals surface area contributed by atoms with Gasteiger partial charge in [0, 0.05) is 10.8 Å². The van der Waals surface area contributed by atoms with Gasteiger partial charge in [-0.15, -0.1) is 0 Å². The van der Waals surface area contributed by atoms with Gasteiger partial charge in [-0.1, -0.05) is 153 Å². The Morgan fingerprint density at radius 3 is 1.02 bits per heavy atom. The highest BCUT2D eigenvalue weighted by Gasteiger charge is 2.45. The number of hydrogen-bond donors (Lipinski definition) is 2. The number of phenols is 2. The first-order valence-corrected chi connectivity index (χ1v) is 18.9. The van der Waals surface area contributed by atoms with Crippen LogP contribution in [0.15, 0.2) is 170 Å². The maximum atomic E-state index is 10.2. The Morgan fingerprint density at radius 2 is 0.642 bits per heavy atom. The molecule has 0 radical (unpaired) electrons. The second-order valence-electron chi connectivity index (χ2n) is 15.0. The van der Waals surface area contributed by atoms with Crippen molar-refractivity contribution in [2.45, 2.75) is 42.9 Å². The van der Waals surface area contributed by atoms with Crippen LogP contribution in [0.2, 0.25) is 0 Å². The highest BCUT2D eigenvalue weighted by Crippen LogP contribution is 2.57. The van der Waals surface area contributed by atoms with Gasteiger partial charge in [-0.25, -0.2) is 0 Å². The molecule has 2 heteroatoms. The van der Waals surface area contributed by atoms with Gasteiger partial charge in [0.1, 0.15) is 11.5 Å². The summed E-state index contributed by atoms with van der Waals surface area (Å²) >= 11 is 0. The molecule has 8 aromatic rings. The molecule has 256 valence electrons. The van der Waals surface area contributed by atoms with E-state index in [0.717, 1.165) is 53.6 Å². The summed E-state index contributed by atoms with van der Waals surface area (Å²) in [5.41, 5.74) is 12.9. The molecule has 0 bridgehead atoms. The van der Waals surface area contributed by atoms with Gasteiger partial charge in [0.25, 0.3) is 0 Å². The van der Waals surface area contributed by atoms with Gasteiger partial charge in [0.15, 0.2) is 0 Å². The molecule has 0 aliphatic heterocycles. The molecule has 2 aliphatic carbocycles. The number of phenolic OH excluding ortho intramolecular Hbond substituents is 2. The van der Waals surface area contributed by atoms with Crippen molar-refractivity contribution in [3.63, 3.8) is 0 Å². The molecule has 2 nitrogen and oxygen atoms in total. The van der Waals surface area contributed by atoms with Crippen LogP contribution in [0.3, 0.4) is 0 Å². The first-order chi connectivity index (χ1) is 26.1. The Morgan fingerprint density at radius 1 is 0.321 bits per heavy atom. The number of hydrogen-bond acceptors (Lipinski definition) is 2. The van der Waals surface area contributed by atoms with Crippen molar-refractivity contribution in [3.8, 4) is 33.8 Å². The normalized spacial score (nSPS) is 14.5. The fraction of sp³-hybridized carbons (Fsp3) is 0.137. The van der Waals surface area contributed by atoms with Gasteiger partial charge < -0.3 is 10.2 Å². The van der Waals surface area contributed by atoms with E-state index in [-0.39, 0.29) is 10.8 Å². The zero-order valence-corrected chi connectivity index (χ0v) is 29.6. The summed E-state index contributed by atoms with van der Waals surface area (Å²) < 4.78 is 0. The lowest BCUT2D eigenvalue weighted by Gasteiger charge is -2.35. The van der Waals surface area contributed by atoms with E-state index in [1.54, 1.807) is 12.1 Å². The van der Waals surface area contributed by atoms with Crippen LogP contribution in [0, 0.1) is 0 Å². The molecule has 0 unspecified atom stereocenters. The molecule has 0 amide bonds. The quantitative estimate of drug-likeness (QED) is 0.156. The van der Waals surface area contributed by atoms with Gasteiger partial charge in [-0.3, -0.25) is 0 Å². The van der Waals surface area contributed by atoms with Gasteiger partial charge >= 0.3 is 0 Å². The Bertz CT molecular complexity index is 2420.